The minimum Gasteiger partial charge on any atom is -0.315 e. The van der Waals surface area contributed by atoms with E-state index in [-0.39, 0.29) is 17.2 Å². The fourth-order valence-electron chi connectivity index (χ4n) is 2.66. The van der Waals surface area contributed by atoms with Gasteiger partial charge in [0, 0.05) is 12.1 Å². The molecular weight excluding hydrogens is 260 g/mol. The van der Waals surface area contributed by atoms with Crippen LogP contribution in [0.1, 0.15) is 59.8 Å². The lowest BCUT2D eigenvalue weighted by molar-refractivity contribution is 0.372. The Morgan fingerprint density at radius 3 is 2.47 bits per heavy atom. The predicted octanol–water partition coefficient (Wildman–Crippen LogP) is 2.26. The van der Waals surface area contributed by atoms with Gasteiger partial charge in [-0.25, -0.2) is 13.1 Å². The van der Waals surface area contributed by atoms with Crippen molar-refractivity contribution in [2.75, 3.05) is 12.3 Å². The van der Waals surface area contributed by atoms with Gasteiger partial charge in [-0.05, 0) is 44.1 Å². The quantitative estimate of drug-likeness (QED) is 0.674. The molecule has 1 fully saturated rings. The monoisotopic (exact) mass is 290 g/mol. The van der Waals surface area contributed by atoms with Gasteiger partial charge in [0.2, 0.25) is 10.0 Å². The Morgan fingerprint density at radius 1 is 1.26 bits per heavy atom. The van der Waals surface area contributed by atoms with Crippen molar-refractivity contribution in [2.45, 2.75) is 71.9 Å². The van der Waals surface area contributed by atoms with Gasteiger partial charge in [-0.3, -0.25) is 0 Å². The summed E-state index contributed by atoms with van der Waals surface area (Å²) in [5, 5.41) is 3.30. The van der Waals surface area contributed by atoms with E-state index in [0.717, 1.165) is 38.6 Å². The van der Waals surface area contributed by atoms with E-state index in [9.17, 15) is 8.42 Å². The summed E-state index contributed by atoms with van der Waals surface area (Å²) in [7, 11) is -3.09. The first-order valence-electron chi connectivity index (χ1n) is 7.44. The maximum Gasteiger partial charge on any atom is 0.211 e. The molecule has 1 unspecified atom stereocenters. The second-order valence-electron chi connectivity index (χ2n) is 6.86. The molecular formula is C14H30N2O2S. The standard InChI is InChI=1S/C14H30N2O2S/c1-12(2)15-9-5-6-10-19(17,18)16-13-7-8-14(3,4)11-13/h12-13,15-16H,5-11H2,1-4H3. The zero-order valence-electron chi connectivity index (χ0n) is 12.8. The normalized spacial score (nSPS) is 23.1. The molecule has 0 amide bonds. The first-order chi connectivity index (χ1) is 8.70. The van der Waals surface area contributed by atoms with Gasteiger partial charge in [0.05, 0.1) is 5.75 Å². The third kappa shape index (κ3) is 7.28. The molecule has 0 saturated heterocycles. The Balaban J connectivity index is 2.21. The van der Waals surface area contributed by atoms with Crippen LogP contribution < -0.4 is 10.0 Å². The van der Waals surface area contributed by atoms with E-state index in [2.05, 4.69) is 37.7 Å². The van der Waals surface area contributed by atoms with Gasteiger partial charge in [0.25, 0.3) is 0 Å². The molecule has 1 rings (SSSR count). The largest absolute Gasteiger partial charge is 0.315 e. The summed E-state index contributed by atoms with van der Waals surface area (Å²) >= 11 is 0. The van der Waals surface area contributed by atoms with E-state index in [1.54, 1.807) is 0 Å². The first kappa shape index (κ1) is 16.9. The van der Waals surface area contributed by atoms with Crippen molar-refractivity contribution in [2.24, 2.45) is 5.41 Å². The van der Waals surface area contributed by atoms with Crippen LogP contribution in [0.5, 0.6) is 0 Å². The summed E-state index contributed by atoms with van der Waals surface area (Å²) in [6, 6.07) is 0.615. The Morgan fingerprint density at radius 2 is 1.95 bits per heavy atom. The lowest BCUT2D eigenvalue weighted by Crippen LogP contribution is -2.35. The maximum atomic E-state index is 12.0. The lowest BCUT2D eigenvalue weighted by Gasteiger charge is -2.18. The summed E-state index contributed by atoms with van der Waals surface area (Å²) in [6.07, 6.45) is 4.68. The van der Waals surface area contributed by atoms with Crippen LogP contribution in [0.15, 0.2) is 0 Å². The number of rotatable bonds is 8. The minimum atomic E-state index is -3.09. The summed E-state index contributed by atoms with van der Waals surface area (Å²) < 4.78 is 26.8. The van der Waals surface area contributed by atoms with Crippen molar-refractivity contribution >= 4 is 10.0 Å². The smallest absolute Gasteiger partial charge is 0.211 e. The van der Waals surface area contributed by atoms with Crippen LogP contribution in [0.2, 0.25) is 0 Å². The third-order valence-corrected chi connectivity index (χ3v) is 5.23. The first-order valence-corrected chi connectivity index (χ1v) is 9.09. The molecule has 1 aliphatic rings. The van der Waals surface area contributed by atoms with Gasteiger partial charge < -0.3 is 5.32 Å². The van der Waals surface area contributed by atoms with Crippen LogP contribution >= 0.6 is 0 Å². The van der Waals surface area contributed by atoms with Crippen molar-refractivity contribution in [3.8, 4) is 0 Å². The van der Waals surface area contributed by atoms with Crippen LogP contribution in [-0.2, 0) is 10.0 Å². The maximum absolute atomic E-state index is 12.0. The average Bonchev–Trinajstić information content (AvgIpc) is 2.55. The number of unbranched alkanes of at least 4 members (excludes halogenated alkanes) is 1. The second kappa shape index (κ2) is 7.04. The van der Waals surface area contributed by atoms with E-state index < -0.39 is 10.0 Å². The van der Waals surface area contributed by atoms with Crippen molar-refractivity contribution in [1.82, 2.24) is 10.0 Å². The minimum absolute atomic E-state index is 0.147. The molecule has 19 heavy (non-hydrogen) atoms. The zero-order valence-corrected chi connectivity index (χ0v) is 13.6. The topological polar surface area (TPSA) is 58.2 Å². The highest BCUT2D eigenvalue weighted by Crippen LogP contribution is 2.37. The molecule has 0 aromatic heterocycles. The number of hydrogen-bond donors (Lipinski definition) is 2. The molecule has 0 radical (unpaired) electrons. The van der Waals surface area contributed by atoms with Gasteiger partial charge in [-0.15, -0.1) is 0 Å². The molecule has 4 nitrogen and oxygen atoms in total. The van der Waals surface area contributed by atoms with Crippen LogP contribution in [0.25, 0.3) is 0 Å². The molecule has 0 aromatic rings. The van der Waals surface area contributed by atoms with Crippen LogP contribution in [-0.4, -0.2) is 32.8 Å². The molecule has 1 aliphatic carbocycles. The number of nitrogens with one attached hydrogen (secondary N) is 2. The van der Waals surface area contributed by atoms with Crippen molar-refractivity contribution < 1.29 is 8.42 Å². The molecule has 0 spiro atoms. The summed E-state index contributed by atoms with van der Waals surface area (Å²) in [4.78, 5) is 0. The van der Waals surface area contributed by atoms with E-state index >= 15 is 0 Å². The molecule has 0 aromatic carbocycles. The Labute approximate surface area is 118 Å². The fraction of sp³-hybridized carbons (Fsp3) is 1.00. The van der Waals surface area contributed by atoms with E-state index in [1.165, 1.54) is 0 Å². The fourth-order valence-corrected chi connectivity index (χ4v) is 4.07. The highest BCUT2D eigenvalue weighted by molar-refractivity contribution is 7.89. The predicted molar refractivity (Wildman–Crippen MR) is 80.7 cm³/mol. The molecule has 0 heterocycles. The van der Waals surface area contributed by atoms with E-state index in [4.69, 9.17) is 0 Å². The summed E-state index contributed by atoms with van der Waals surface area (Å²) in [5.41, 5.74) is 0.286. The zero-order chi connectivity index (χ0) is 14.5. The molecule has 0 aliphatic heterocycles. The van der Waals surface area contributed by atoms with E-state index in [0.29, 0.717) is 6.04 Å². The Hall–Kier alpha value is -0.130. The molecule has 1 atom stereocenters. The number of sulfonamides is 1. The summed E-state index contributed by atoms with van der Waals surface area (Å²) in [5.74, 6) is 0.254. The molecule has 1 saturated carbocycles. The number of hydrogen-bond acceptors (Lipinski definition) is 3. The SMILES string of the molecule is CC(C)NCCCCS(=O)(=O)NC1CCC(C)(C)C1. The highest BCUT2D eigenvalue weighted by atomic mass is 32.2. The average molecular weight is 290 g/mol. The lowest BCUT2D eigenvalue weighted by atomic mass is 9.92. The van der Waals surface area contributed by atoms with Gasteiger partial charge in [-0.2, -0.15) is 0 Å². The Kier molecular flexibility index (Phi) is 6.27. The van der Waals surface area contributed by atoms with Gasteiger partial charge in [0.1, 0.15) is 0 Å². The van der Waals surface area contributed by atoms with Gasteiger partial charge in [0.15, 0.2) is 0 Å². The van der Waals surface area contributed by atoms with Crippen molar-refractivity contribution in [3.63, 3.8) is 0 Å². The molecule has 5 heteroatoms. The van der Waals surface area contributed by atoms with Gasteiger partial charge >= 0.3 is 0 Å². The van der Waals surface area contributed by atoms with E-state index in [1.807, 2.05) is 0 Å². The van der Waals surface area contributed by atoms with Crippen LogP contribution in [0.4, 0.5) is 0 Å². The molecule has 0 bridgehead atoms. The molecule has 2 N–H and O–H groups in total. The summed E-state index contributed by atoms with van der Waals surface area (Å²) in [6.45, 7) is 9.50. The van der Waals surface area contributed by atoms with Gasteiger partial charge in [-0.1, -0.05) is 27.7 Å². The third-order valence-electron chi connectivity index (χ3n) is 3.71. The van der Waals surface area contributed by atoms with Crippen molar-refractivity contribution in [1.29, 1.82) is 0 Å². The Bertz CT molecular complexity index is 364. The van der Waals surface area contributed by atoms with Crippen molar-refractivity contribution in [3.05, 3.63) is 0 Å². The van der Waals surface area contributed by atoms with Crippen LogP contribution in [0, 0.1) is 5.41 Å². The second-order valence-corrected chi connectivity index (χ2v) is 8.73. The molecule has 114 valence electrons. The highest BCUT2D eigenvalue weighted by Gasteiger charge is 2.32. The van der Waals surface area contributed by atoms with Crippen LogP contribution in [0.3, 0.4) is 0 Å².